The Morgan fingerprint density at radius 3 is 2.61 bits per heavy atom. The Morgan fingerprint density at radius 1 is 1.39 bits per heavy atom. The van der Waals surface area contributed by atoms with Gasteiger partial charge in [-0.2, -0.15) is 0 Å². The molecule has 3 atom stereocenters. The molecule has 0 radical (unpaired) electrons. The molecule has 3 amide bonds. The van der Waals surface area contributed by atoms with Crippen LogP contribution < -0.4 is 10.7 Å². The quantitative estimate of drug-likeness (QED) is 0.314. The highest BCUT2D eigenvalue weighted by molar-refractivity contribution is 6.29. The number of aromatic nitrogens is 1. The smallest absolute Gasteiger partial charge is 0.291 e. The van der Waals surface area contributed by atoms with E-state index < -0.39 is 29.3 Å². The van der Waals surface area contributed by atoms with Crippen molar-refractivity contribution >= 4 is 35.1 Å². The summed E-state index contributed by atoms with van der Waals surface area (Å²) in [5, 5.41) is 7.04. The van der Waals surface area contributed by atoms with Crippen molar-refractivity contribution in [3.8, 4) is 0 Å². The zero-order chi connectivity index (χ0) is 23.1. The number of rotatable bonds is 10. The van der Waals surface area contributed by atoms with Crippen LogP contribution in [0.2, 0.25) is 0 Å². The first-order chi connectivity index (χ1) is 14.6. The lowest BCUT2D eigenvalue weighted by atomic mass is 9.92. The Hall–Kier alpha value is -2.49. The van der Waals surface area contributed by atoms with E-state index in [0.717, 1.165) is 5.01 Å². The Kier molecular flexibility index (Phi) is 8.97. The van der Waals surface area contributed by atoms with E-state index in [1.54, 1.807) is 6.92 Å². The largest absolute Gasteiger partial charge is 0.361 e. The van der Waals surface area contributed by atoms with Crippen LogP contribution in [-0.4, -0.2) is 52.4 Å². The van der Waals surface area contributed by atoms with E-state index in [2.05, 4.69) is 15.9 Å². The molecule has 0 aliphatic carbocycles. The van der Waals surface area contributed by atoms with E-state index in [0.29, 0.717) is 31.6 Å². The summed E-state index contributed by atoms with van der Waals surface area (Å²) in [5.74, 6) is -3.10. The predicted molar refractivity (Wildman–Crippen MR) is 109 cm³/mol. The molecule has 1 aliphatic heterocycles. The number of nitrogens with zero attached hydrogens (tertiary/aromatic N) is 2. The molecule has 172 valence electrons. The molecule has 1 aromatic rings. The van der Waals surface area contributed by atoms with Gasteiger partial charge in [-0.1, -0.05) is 37.0 Å². The van der Waals surface area contributed by atoms with Crippen LogP contribution in [0, 0.1) is 24.7 Å². The average Bonchev–Trinajstić information content (AvgIpc) is 3.31. The molecule has 0 bridgehead atoms. The number of alkyl halides is 2. The second kappa shape index (κ2) is 11.2. The van der Waals surface area contributed by atoms with Gasteiger partial charge in [-0.05, 0) is 25.7 Å². The first kappa shape index (κ1) is 24.8. The number of Topliss-reactive ketones (excluding diaryl/α,β-unsaturated/α-hetero) is 1. The molecule has 31 heavy (non-hydrogen) atoms. The van der Waals surface area contributed by atoms with E-state index in [4.69, 9.17) is 16.1 Å². The summed E-state index contributed by atoms with van der Waals surface area (Å²) in [5.41, 5.74) is 0.111. The molecular formula is C20H28ClFN4O5. The second-order valence-electron chi connectivity index (χ2n) is 8.12. The topological polar surface area (TPSA) is 122 Å². The number of hydrogen-bond acceptors (Lipinski definition) is 6. The van der Waals surface area contributed by atoms with Crippen LogP contribution in [0.25, 0.3) is 0 Å². The summed E-state index contributed by atoms with van der Waals surface area (Å²) in [4.78, 5) is 49.5. The molecule has 9 nitrogen and oxygen atoms in total. The highest BCUT2D eigenvalue weighted by atomic mass is 35.5. The van der Waals surface area contributed by atoms with Gasteiger partial charge < -0.3 is 9.84 Å². The van der Waals surface area contributed by atoms with Crippen molar-refractivity contribution in [2.45, 2.75) is 52.1 Å². The normalized spacial score (nSPS) is 17.9. The van der Waals surface area contributed by atoms with Gasteiger partial charge >= 0.3 is 0 Å². The minimum Gasteiger partial charge on any atom is -0.361 e. The predicted octanol–water partition coefficient (Wildman–Crippen LogP) is 2.14. The first-order valence-electron chi connectivity index (χ1n) is 10.2. The van der Waals surface area contributed by atoms with Crippen LogP contribution in [-0.2, 0) is 14.4 Å². The summed E-state index contributed by atoms with van der Waals surface area (Å²) in [6.45, 7) is 5.83. The van der Waals surface area contributed by atoms with Crippen molar-refractivity contribution in [3.63, 3.8) is 0 Å². The van der Waals surface area contributed by atoms with E-state index >= 15 is 0 Å². The Morgan fingerprint density at radius 2 is 2.10 bits per heavy atom. The number of carbonyl (C=O) groups excluding carboxylic acids is 4. The summed E-state index contributed by atoms with van der Waals surface area (Å²) >= 11 is 5.29. The van der Waals surface area contributed by atoms with Crippen molar-refractivity contribution < 1.29 is 28.1 Å². The summed E-state index contributed by atoms with van der Waals surface area (Å²) < 4.78 is 18.4. The van der Waals surface area contributed by atoms with Gasteiger partial charge in [0.25, 0.3) is 11.5 Å². The van der Waals surface area contributed by atoms with Gasteiger partial charge in [0.2, 0.25) is 11.8 Å². The van der Waals surface area contributed by atoms with E-state index in [9.17, 15) is 23.6 Å². The van der Waals surface area contributed by atoms with Crippen molar-refractivity contribution in [3.05, 3.63) is 17.5 Å². The maximum atomic E-state index is 13.5. The van der Waals surface area contributed by atoms with Gasteiger partial charge in [0.15, 0.2) is 5.78 Å². The third-order valence-corrected chi connectivity index (χ3v) is 5.26. The third-order valence-electron chi connectivity index (χ3n) is 5.07. The number of ketones is 1. The Bertz CT molecular complexity index is 813. The van der Waals surface area contributed by atoms with Gasteiger partial charge in [-0.3, -0.25) is 24.6 Å². The molecule has 1 fully saturated rings. The van der Waals surface area contributed by atoms with Gasteiger partial charge in [-0.15, -0.1) is 0 Å². The Labute approximate surface area is 185 Å². The minimum absolute atomic E-state index is 0.111. The fourth-order valence-electron chi connectivity index (χ4n) is 3.26. The molecule has 0 spiro atoms. The fraction of sp³-hybridized carbons (Fsp3) is 0.650. The van der Waals surface area contributed by atoms with E-state index in [1.165, 1.54) is 6.07 Å². The van der Waals surface area contributed by atoms with Gasteiger partial charge in [0.05, 0.1) is 12.5 Å². The lowest BCUT2D eigenvalue weighted by Gasteiger charge is -2.27. The van der Waals surface area contributed by atoms with Gasteiger partial charge in [0.1, 0.15) is 11.5 Å². The van der Waals surface area contributed by atoms with Crippen LogP contribution in [0.1, 0.15) is 55.8 Å². The highest BCUT2D eigenvalue weighted by Gasteiger charge is 2.33. The molecular weight excluding hydrogens is 431 g/mol. The maximum absolute atomic E-state index is 13.5. The maximum Gasteiger partial charge on any atom is 0.291 e. The molecule has 11 heteroatoms. The van der Waals surface area contributed by atoms with Crippen molar-refractivity contribution in [1.29, 1.82) is 0 Å². The summed E-state index contributed by atoms with van der Waals surface area (Å²) in [6, 6.07) is 1.48. The summed E-state index contributed by atoms with van der Waals surface area (Å²) in [7, 11) is 0. The van der Waals surface area contributed by atoms with Crippen LogP contribution in [0.5, 0.6) is 0 Å². The number of carbonyl (C=O) groups is 4. The number of nitrogens with one attached hydrogen (secondary N) is 2. The number of halogens is 2. The van der Waals surface area contributed by atoms with Crippen LogP contribution in [0.3, 0.4) is 0 Å². The first-order valence-corrected chi connectivity index (χ1v) is 10.7. The molecule has 0 unspecified atom stereocenters. The molecule has 2 N–H and O–H groups in total. The monoisotopic (exact) mass is 458 g/mol. The summed E-state index contributed by atoms with van der Waals surface area (Å²) in [6.07, 6.45) is 1.32. The highest BCUT2D eigenvalue weighted by Crippen LogP contribution is 2.20. The van der Waals surface area contributed by atoms with Crippen LogP contribution in [0.4, 0.5) is 4.39 Å². The van der Waals surface area contributed by atoms with Gasteiger partial charge in [-0.25, -0.2) is 9.40 Å². The number of aryl methyl sites for hydroxylation is 1. The average molecular weight is 459 g/mol. The zero-order valence-electron chi connectivity index (χ0n) is 17.8. The van der Waals surface area contributed by atoms with Crippen LogP contribution >= 0.6 is 11.6 Å². The number of amides is 3. The van der Waals surface area contributed by atoms with E-state index in [-0.39, 0.29) is 36.3 Å². The fourth-order valence-corrected chi connectivity index (χ4v) is 3.38. The molecule has 1 saturated heterocycles. The number of hydrazine groups is 1. The second-order valence-corrected chi connectivity index (χ2v) is 8.50. The molecule has 1 aliphatic rings. The minimum atomic E-state index is -2.38. The van der Waals surface area contributed by atoms with Crippen molar-refractivity contribution in [2.24, 2.45) is 17.8 Å². The van der Waals surface area contributed by atoms with E-state index in [1.807, 2.05) is 13.8 Å². The third kappa shape index (κ3) is 7.30. The number of hydrogen-bond donors (Lipinski definition) is 2. The molecule has 0 saturated carbocycles. The van der Waals surface area contributed by atoms with Crippen molar-refractivity contribution in [2.75, 3.05) is 13.1 Å². The molecule has 2 heterocycles. The molecule has 2 rings (SSSR count). The molecule has 0 aromatic carbocycles. The standard InChI is InChI=1S/C20H28ClFN4O5/c1-11(2)4-5-13(9-16(27)15-8-12(3)31-25-15)19(29)24-26(20(30)17(21)22)10-14-6-7-23-18(14)28/h8,11,13-14,17H,4-7,9-10H2,1-3H3,(H,23,28)(H,24,29)/t13-,14+,17+/m1/s1. The van der Waals surface area contributed by atoms with Crippen molar-refractivity contribution in [1.82, 2.24) is 20.9 Å². The lowest BCUT2D eigenvalue weighted by molar-refractivity contribution is -0.146. The zero-order valence-corrected chi connectivity index (χ0v) is 18.6. The van der Waals surface area contributed by atoms with Gasteiger partial charge in [0, 0.05) is 24.9 Å². The molecule has 1 aromatic heterocycles. The van der Waals surface area contributed by atoms with Crippen LogP contribution in [0.15, 0.2) is 10.6 Å². The SMILES string of the molecule is Cc1cc(C(=O)C[C@@H](CCC(C)C)C(=O)NN(C[C@@H]2CCNC2=O)C(=O)[C@H](F)Cl)no1. The Balaban J connectivity index is 2.13. The lowest BCUT2D eigenvalue weighted by Crippen LogP contribution is -2.53.